The Morgan fingerprint density at radius 2 is 1.85 bits per heavy atom. The summed E-state index contributed by atoms with van der Waals surface area (Å²) in [6.07, 6.45) is 1.56. The standard InChI is InChI=1S/C16H20N4O4S2/c1-12-2-5-15(25-12)26(21,22)19-13-3-4-14(18-17-13)20-8-6-16(7-9-20)23-10-11-24-16/h2-5H,6-11H2,1H3,(H,17,19). The van der Waals surface area contributed by atoms with Gasteiger partial charge in [0.05, 0.1) is 13.2 Å². The Morgan fingerprint density at radius 1 is 1.12 bits per heavy atom. The molecule has 2 fully saturated rings. The molecule has 8 nitrogen and oxygen atoms in total. The largest absolute Gasteiger partial charge is 0.355 e. The highest BCUT2D eigenvalue weighted by Crippen LogP contribution is 2.32. The molecule has 1 spiro atoms. The van der Waals surface area contributed by atoms with Crippen molar-refractivity contribution in [2.24, 2.45) is 0 Å². The number of sulfonamides is 1. The number of thiophene rings is 1. The first-order valence-electron chi connectivity index (χ1n) is 8.42. The van der Waals surface area contributed by atoms with Crippen LogP contribution in [0.4, 0.5) is 11.6 Å². The minimum atomic E-state index is -3.63. The summed E-state index contributed by atoms with van der Waals surface area (Å²) in [5, 5.41) is 8.19. The van der Waals surface area contributed by atoms with Crippen LogP contribution in [0.3, 0.4) is 0 Å². The summed E-state index contributed by atoms with van der Waals surface area (Å²) in [5.41, 5.74) is 0. The van der Waals surface area contributed by atoms with Crippen LogP contribution < -0.4 is 9.62 Å². The molecule has 4 heterocycles. The maximum Gasteiger partial charge on any atom is 0.272 e. The van der Waals surface area contributed by atoms with Crippen molar-refractivity contribution in [2.75, 3.05) is 35.9 Å². The van der Waals surface area contributed by atoms with Crippen molar-refractivity contribution in [1.29, 1.82) is 0 Å². The van der Waals surface area contributed by atoms with Crippen LogP contribution >= 0.6 is 11.3 Å². The van der Waals surface area contributed by atoms with Gasteiger partial charge in [-0.15, -0.1) is 21.5 Å². The van der Waals surface area contributed by atoms with E-state index in [-0.39, 0.29) is 10.0 Å². The van der Waals surface area contributed by atoms with Gasteiger partial charge >= 0.3 is 0 Å². The summed E-state index contributed by atoms with van der Waals surface area (Å²) in [7, 11) is -3.63. The lowest BCUT2D eigenvalue weighted by Gasteiger charge is -2.37. The molecule has 2 aromatic heterocycles. The van der Waals surface area contributed by atoms with E-state index in [2.05, 4.69) is 19.8 Å². The van der Waals surface area contributed by atoms with E-state index in [1.807, 2.05) is 6.92 Å². The number of rotatable bonds is 4. The summed E-state index contributed by atoms with van der Waals surface area (Å²) >= 11 is 1.22. The van der Waals surface area contributed by atoms with E-state index in [0.29, 0.717) is 19.0 Å². The number of nitrogens with one attached hydrogen (secondary N) is 1. The lowest BCUT2D eigenvalue weighted by atomic mass is 10.0. The SMILES string of the molecule is Cc1ccc(S(=O)(=O)Nc2ccc(N3CCC4(CC3)OCCO4)nn2)s1. The minimum Gasteiger partial charge on any atom is -0.355 e. The van der Waals surface area contributed by atoms with Gasteiger partial charge in [0, 0.05) is 30.8 Å². The molecule has 4 rings (SSSR count). The van der Waals surface area contributed by atoms with Crippen LogP contribution in [0.2, 0.25) is 0 Å². The number of ether oxygens (including phenoxy) is 2. The predicted molar refractivity (Wildman–Crippen MR) is 98.0 cm³/mol. The van der Waals surface area contributed by atoms with Gasteiger partial charge in [-0.3, -0.25) is 4.72 Å². The van der Waals surface area contributed by atoms with E-state index >= 15 is 0 Å². The van der Waals surface area contributed by atoms with Gasteiger partial charge in [-0.05, 0) is 31.2 Å². The third-order valence-electron chi connectivity index (χ3n) is 4.53. The van der Waals surface area contributed by atoms with Crippen molar-refractivity contribution in [2.45, 2.75) is 29.8 Å². The van der Waals surface area contributed by atoms with E-state index in [0.717, 1.165) is 30.8 Å². The van der Waals surface area contributed by atoms with Crippen LogP contribution in [-0.2, 0) is 19.5 Å². The quantitative estimate of drug-likeness (QED) is 0.845. The first-order valence-corrected chi connectivity index (χ1v) is 10.7. The fourth-order valence-electron chi connectivity index (χ4n) is 3.16. The molecule has 2 aliphatic rings. The lowest BCUT2D eigenvalue weighted by molar-refractivity contribution is -0.169. The molecule has 0 radical (unpaired) electrons. The first-order chi connectivity index (χ1) is 12.5. The van der Waals surface area contributed by atoms with Gasteiger partial charge < -0.3 is 14.4 Å². The maximum absolute atomic E-state index is 12.3. The van der Waals surface area contributed by atoms with Gasteiger partial charge in [-0.25, -0.2) is 8.42 Å². The second kappa shape index (κ2) is 6.76. The third-order valence-corrected chi connectivity index (χ3v) is 7.38. The molecule has 0 atom stereocenters. The highest BCUT2D eigenvalue weighted by Gasteiger charge is 2.40. The monoisotopic (exact) mass is 396 g/mol. The van der Waals surface area contributed by atoms with Crippen molar-refractivity contribution >= 4 is 33.0 Å². The Hall–Kier alpha value is -1.75. The van der Waals surface area contributed by atoms with Gasteiger partial charge in [0.15, 0.2) is 17.4 Å². The minimum absolute atomic E-state index is 0.204. The number of hydrogen-bond donors (Lipinski definition) is 1. The van der Waals surface area contributed by atoms with Crippen LogP contribution in [0.1, 0.15) is 17.7 Å². The number of anilines is 2. The van der Waals surface area contributed by atoms with Crippen LogP contribution in [0.25, 0.3) is 0 Å². The Morgan fingerprint density at radius 3 is 2.42 bits per heavy atom. The zero-order valence-corrected chi connectivity index (χ0v) is 16.0. The average Bonchev–Trinajstić information content (AvgIpc) is 3.26. The molecule has 0 aliphatic carbocycles. The maximum atomic E-state index is 12.3. The van der Waals surface area contributed by atoms with Gasteiger partial charge in [0.25, 0.3) is 10.0 Å². The molecule has 0 bridgehead atoms. The van der Waals surface area contributed by atoms with Crippen molar-refractivity contribution in [1.82, 2.24) is 10.2 Å². The summed E-state index contributed by atoms with van der Waals surface area (Å²) in [6, 6.07) is 6.77. The zero-order chi connectivity index (χ0) is 18.2. The van der Waals surface area contributed by atoms with Gasteiger partial charge in [-0.1, -0.05) is 0 Å². The fourth-order valence-corrected chi connectivity index (χ4v) is 5.43. The first kappa shape index (κ1) is 17.7. The second-order valence-corrected chi connectivity index (χ2v) is 9.54. The molecule has 1 N–H and O–H groups in total. The Kier molecular flexibility index (Phi) is 4.59. The number of piperidine rings is 1. The number of nitrogens with zero attached hydrogens (tertiary/aromatic N) is 3. The molecule has 0 saturated carbocycles. The predicted octanol–water partition coefficient (Wildman–Crippen LogP) is 1.99. The van der Waals surface area contributed by atoms with Crippen LogP contribution in [0.5, 0.6) is 0 Å². The van der Waals surface area contributed by atoms with Gasteiger partial charge in [-0.2, -0.15) is 0 Å². The Balaban J connectivity index is 1.41. The van der Waals surface area contributed by atoms with Gasteiger partial charge in [0.1, 0.15) is 4.21 Å². The molecule has 0 unspecified atom stereocenters. The highest BCUT2D eigenvalue weighted by molar-refractivity contribution is 7.94. The molecule has 0 amide bonds. The summed E-state index contributed by atoms with van der Waals surface area (Å²) in [4.78, 5) is 3.04. The highest BCUT2D eigenvalue weighted by atomic mass is 32.2. The molecule has 0 aromatic carbocycles. The number of hydrogen-bond acceptors (Lipinski definition) is 8. The van der Waals surface area contributed by atoms with Crippen molar-refractivity contribution in [3.8, 4) is 0 Å². The van der Waals surface area contributed by atoms with Crippen molar-refractivity contribution in [3.63, 3.8) is 0 Å². The van der Waals surface area contributed by atoms with Crippen molar-refractivity contribution in [3.05, 3.63) is 29.1 Å². The van der Waals surface area contributed by atoms with Crippen LogP contribution in [0.15, 0.2) is 28.5 Å². The Bertz CT molecular complexity index is 866. The average molecular weight is 396 g/mol. The van der Waals surface area contributed by atoms with Crippen molar-refractivity contribution < 1.29 is 17.9 Å². The fraction of sp³-hybridized carbons (Fsp3) is 0.500. The number of aromatic nitrogens is 2. The molecule has 2 aromatic rings. The number of aryl methyl sites for hydroxylation is 1. The molecule has 140 valence electrons. The lowest BCUT2D eigenvalue weighted by Crippen LogP contribution is -2.45. The normalized spacial score (nSPS) is 19.8. The molecule has 2 aliphatic heterocycles. The Labute approximate surface area is 156 Å². The topological polar surface area (TPSA) is 93.7 Å². The van der Waals surface area contributed by atoms with Crippen LogP contribution in [-0.4, -0.2) is 50.7 Å². The molecule has 26 heavy (non-hydrogen) atoms. The molecular weight excluding hydrogens is 376 g/mol. The van der Waals surface area contributed by atoms with E-state index in [9.17, 15) is 8.42 Å². The third kappa shape index (κ3) is 3.54. The second-order valence-electron chi connectivity index (χ2n) is 6.34. The zero-order valence-electron chi connectivity index (χ0n) is 14.3. The smallest absolute Gasteiger partial charge is 0.272 e. The van der Waals surface area contributed by atoms with Gasteiger partial charge in [0.2, 0.25) is 0 Å². The molecular formula is C16H20N4O4S2. The summed E-state index contributed by atoms with van der Waals surface area (Å²) < 4.78 is 38.9. The molecule has 2 saturated heterocycles. The van der Waals surface area contributed by atoms with E-state index in [1.54, 1.807) is 24.3 Å². The summed E-state index contributed by atoms with van der Waals surface area (Å²) in [6.45, 7) is 4.68. The van der Waals surface area contributed by atoms with Crippen LogP contribution in [0, 0.1) is 6.92 Å². The van der Waals surface area contributed by atoms with E-state index < -0.39 is 15.8 Å². The summed E-state index contributed by atoms with van der Waals surface area (Å²) in [5.74, 6) is 0.488. The van der Waals surface area contributed by atoms with E-state index in [4.69, 9.17) is 9.47 Å². The molecule has 10 heteroatoms. The van der Waals surface area contributed by atoms with E-state index in [1.165, 1.54) is 11.3 Å².